The quantitative estimate of drug-likeness (QED) is 0.619. The molecule has 0 radical (unpaired) electrons. The molecular formula is C15H13BrClFN2O3. The second kappa shape index (κ2) is 6.72. The van der Waals surface area contributed by atoms with Crippen molar-refractivity contribution in [1.29, 1.82) is 0 Å². The van der Waals surface area contributed by atoms with E-state index in [9.17, 15) is 14.0 Å². The van der Waals surface area contributed by atoms with Crippen LogP contribution in [0.2, 0.25) is 0 Å². The highest BCUT2D eigenvalue weighted by molar-refractivity contribution is 9.10. The van der Waals surface area contributed by atoms with Crippen LogP contribution in [0, 0.1) is 0 Å². The fourth-order valence-corrected chi connectivity index (χ4v) is 3.22. The molecular weight excluding hydrogens is 391 g/mol. The first kappa shape index (κ1) is 17.5. The normalized spacial score (nSPS) is 17.3. The van der Waals surface area contributed by atoms with Gasteiger partial charge in [0, 0.05) is 15.1 Å². The summed E-state index contributed by atoms with van der Waals surface area (Å²) in [4.78, 5) is 23.9. The summed E-state index contributed by atoms with van der Waals surface area (Å²) in [5.74, 6) is -1.68. The van der Waals surface area contributed by atoms with E-state index in [0.29, 0.717) is 10.2 Å². The Morgan fingerprint density at radius 2 is 2.26 bits per heavy atom. The predicted octanol–water partition coefficient (Wildman–Crippen LogP) is 3.37. The average Bonchev–Trinajstić information content (AvgIpc) is 2.79. The lowest BCUT2D eigenvalue weighted by atomic mass is 10.0. The summed E-state index contributed by atoms with van der Waals surface area (Å²) in [6.07, 6.45) is 1.09. The molecule has 23 heavy (non-hydrogen) atoms. The zero-order chi connectivity index (χ0) is 17.3. The number of halogens is 3. The summed E-state index contributed by atoms with van der Waals surface area (Å²) >= 11 is 9.29. The molecule has 1 amide bonds. The van der Waals surface area contributed by atoms with Crippen LogP contribution in [-0.2, 0) is 16.1 Å². The third-order valence-electron chi connectivity index (χ3n) is 3.30. The van der Waals surface area contributed by atoms with Crippen molar-refractivity contribution < 1.29 is 18.7 Å². The number of fused-ring (bicyclic) bond motifs is 1. The molecule has 0 saturated carbocycles. The Labute approximate surface area is 145 Å². The molecule has 0 aromatic carbocycles. The molecule has 2 rings (SSSR count). The molecule has 5 nitrogen and oxygen atoms in total. The van der Waals surface area contributed by atoms with Crippen LogP contribution in [-0.4, -0.2) is 23.6 Å². The van der Waals surface area contributed by atoms with Gasteiger partial charge >= 0.3 is 5.97 Å². The first-order valence-electron chi connectivity index (χ1n) is 6.43. The van der Waals surface area contributed by atoms with Crippen molar-refractivity contribution in [2.24, 2.45) is 0 Å². The number of nitrogens with one attached hydrogen (secondary N) is 1. The largest absolute Gasteiger partial charge is 0.464 e. The maximum absolute atomic E-state index is 13.3. The van der Waals surface area contributed by atoms with Gasteiger partial charge < -0.3 is 14.6 Å². The van der Waals surface area contributed by atoms with E-state index in [2.05, 4.69) is 34.4 Å². The monoisotopic (exact) mass is 402 g/mol. The van der Waals surface area contributed by atoms with Crippen molar-refractivity contribution in [2.75, 3.05) is 7.11 Å². The number of hydrogen-bond donors (Lipinski definition) is 1. The minimum absolute atomic E-state index is 0.0512. The Hall–Kier alpha value is -1.86. The van der Waals surface area contributed by atoms with E-state index in [1.54, 1.807) is 0 Å². The number of esters is 1. The topological polar surface area (TPSA) is 60.3 Å². The number of aromatic nitrogens is 1. The van der Waals surface area contributed by atoms with E-state index in [1.807, 2.05) is 0 Å². The second-order valence-electron chi connectivity index (χ2n) is 4.79. The van der Waals surface area contributed by atoms with Gasteiger partial charge in [-0.1, -0.05) is 24.8 Å². The molecule has 1 atom stereocenters. The molecule has 1 aliphatic heterocycles. The minimum atomic E-state index is -0.776. The van der Waals surface area contributed by atoms with Crippen LogP contribution in [0.1, 0.15) is 22.2 Å². The third kappa shape index (κ3) is 3.40. The van der Waals surface area contributed by atoms with Crippen LogP contribution < -0.4 is 5.32 Å². The van der Waals surface area contributed by atoms with Gasteiger partial charge in [-0.2, -0.15) is 0 Å². The van der Waals surface area contributed by atoms with Gasteiger partial charge in [-0.15, -0.1) is 0 Å². The van der Waals surface area contributed by atoms with Gasteiger partial charge in [0.25, 0.3) is 0 Å². The number of hydrogen-bond acceptors (Lipinski definition) is 3. The van der Waals surface area contributed by atoms with E-state index < -0.39 is 17.8 Å². The van der Waals surface area contributed by atoms with Gasteiger partial charge in [0.15, 0.2) is 0 Å². The smallest absolute Gasteiger partial charge is 0.354 e. The number of amides is 1. The second-order valence-corrected chi connectivity index (χ2v) is 6.10. The molecule has 0 aliphatic carbocycles. The van der Waals surface area contributed by atoms with Gasteiger partial charge in [-0.05, 0) is 28.1 Å². The summed E-state index contributed by atoms with van der Waals surface area (Å²) in [6.45, 7) is 6.69. The molecule has 2 heterocycles. The maximum atomic E-state index is 13.3. The van der Waals surface area contributed by atoms with Crippen LogP contribution >= 0.6 is 27.5 Å². The number of rotatable bonds is 4. The highest BCUT2D eigenvalue weighted by Gasteiger charge is 2.34. The van der Waals surface area contributed by atoms with Crippen molar-refractivity contribution in [2.45, 2.75) is 12.6 Å². The van der Waals surface area contributed by atoms with E-state index in [-0.39, 0.29) is 28.8 Å². The van der Waals surface area contributed by atoms with Gasteiger partial charge in [0.05, 0.1) is 18.8 Å². The number of nitrogens with zero attached hydrogens (tertiary/aromatic N) is 1. The van der Waals surface area contributed by atoms with Crippen molar-refractivity contribution in [1.82, 2.24) is 9.88 Å². The summed E-state index contributed by atoms with van der Waals surface area (Å²) in [5.41, 5.74) is 0.982. The molecule has 0 saturated heterocycles. The molecule has 1 N–H and O–H groups in total. The number of allylic oxidation sites excluding steroid dienone is 2. The lowest BCUT2D eigenvalue weighted by molar-refractivity contribution is -0.123. The Kier molecular flexibility index (Phi) is 5.11. The lowest BCUT2D eigenvalue weighted by Crippen LogP contribution is -2.40. The zero-order valence-corrected chi connectivity index (χ0v) is 14.5. The van der Waals surface area contributed by atoms with E-state index in [1.165, 1.54) is 17.7 Å². The van der Waals surface area contributed by atoms with Crippen molar-refractivity contribution in [3.8, 4) is 0 Å². The molecule has 0 spiro atoms. The molecule has 1 unspecified atom stereocenters. The van der Waals surface area contributed by atoms with Crippen molar-refractivity contribution in [3.05, 3.63) is 57.6 Å². The lowest BCUT2D eigenvalue weighted by Gasteiger charge is -2.29. The van der Waals surface area contributed by atoms with E-state index >= 15 is 0 Å². The average molecular weight is 404 g/mol. The van der Waals surface area contributed by atoms with Crippen LogP contribution in [0.5, 0.6) is 0 Å². The molecule has 0 bridgehead atoms. The maximum Gasteiger partial charge on any atom is 0.354 e. The Morgan fingerprint density at radius 1 is 1.61 bits per heavy atom. The minimum Gasteiger partial charge on any atom is -0.464 e. The zero-order valence-electron chi connectivity index (χ0n) is 12.2. The first-order chi connectivity index (χ1) is 10.8. The van der Waals surface area contributed by atoms with Gasteiger partial charge in [0.2, 0.25) is 5.91 Å². The van der Waals surface area contributed by atoms with Gasteiger partial charge in [-0.3, -0.25) is 4.79 Å². The fraction of sp³-hybridized carbons (Fsp3) is 0.200. The number of methoxy groups -OCH3 is 1. The van der Waals surface area contributed by atoms with Crippen molar-refractivity contribution >= 4 is 39.4 Å². The molecule has 1 aliphatic rings. The van der Waals surface area contributed by atoms with Crippen molar-refractivity contribution in [3.63, 3.8) is 0 Å². The molecule has 122 valence electrons. The van der Waals surface area contributed by atoms with Crippen LogP contribution in [0.15, 0.2) is 46.2 Å². The van der Waals surface area contributed by atoms with Crippen LogP contribution in [0.4, 0.5) is 4.39 Å². The predicted molar refractivity (Wildman–Crippen MR) is 87.7 cm³/mol. The molecule has 0 fully saturated rings. The highest BCUT2D eigenvalue weighted by Crippen LogP contribution is 2.37. The number of carbonyl (C=O) groups excluding carboxylic acids is 2. The van der Waals surface area contributed by atoms with Crippen LogP contribution in [0.3, 0.4) is 0 Å². The van der Waals surface area contributed by atoms with Gasteiger partial charge in [0.1, 0.15) is 18.1 Å². The first-order valence-corrected chi connectivity index (χ1v) is 7.60. The summed E-state index contributed by atoms with van der Waals surface area (Å²) in [7, 11) is 1.25. The number of carbonyl (C=O) groups is 2. The highest BCUT2D eigenvalue weighted by atomic mass is 79.9. The SMILES string of the molecule is C=C(F)/C=C(\C(=C)Cl)C1NC(=O)Cn2c(C(=O)OC)cc(Br)c21. The summed E-state index contributed by atoms with van der Waals surface area (Å²) in [5, 5.41) is 2.76. The van der Waals surface area contributed by atoms with Gasteiger partial charge in [-0.25, -0.2) is 9.18 Å². The van der Waals surface area contributed by atoms with E-state index in [0.717, 1.165) is 6.08 Å². The van der Waals surface area contributed by atoms with E-state index in [4.69, 9.17) is 16.3 Å². The molecule has 8 heteroatoms. The molecule has 1 aromatic heterocycles. The fourth-order valence-electron chi connectivity index (χ4n) is 2.40. The Bertz CT molecular complexity index is 754. The number of ether oxygens (including phenoxy) is 1. The Balaban J connectivity index is 2.65. The summed E-state index contributed by atoms with van der Waals surface area (Å²) in [6, 6.07) is 0.759. The standard InChI is InChI=1S/C15H13BrClFN2O3/c1-7(18)4-9(8(2)17)13-14-10(16)5-11(15(22)23-3)20(14)6-12(21)19-13/h4-5,13H,1-2,6H2,3H3,(H,19,21)/b9-4+. The summed E-state index contributed by atoms with van der Waals surface area (Å²) < 4.78 is 20.0. The van der Waals surface area contributed by atoms with Crippen LogP contribution in [0.25, 0.3) is 0 Å². The Morgan fingerprint density at radius 3 is 2.78 bits per heavy atom. The molecule has 1 aromatic rings. The third-order valence-corrected chi connectivity index (χ3v) is 4.15.